The largest absolute Gasteiger partial charge is 0.456 e. The van der Waals surface area contributed by atoms with Crippen molar-refractivity contribution in [2.75, 3.05) is 0 Å². The van der Waals surface area contributed by atoms with Gasteiger partial charge in [0.05, 0.1) is 37.0 Å². The maximum Gasteiger partial charge on any atom is 0.135 e. The van der Waals surface area contributed by atoms with Crippen LogP contribution in [0.2, 0.25) is 0 Å². The van der Waals surface area contributed by atoms with Crippen molar-refractivity contribution in [3.05, 3.63) is 169 Å². The lowest BCUT2D eigenvalue weighted by Crippen LogP contribution is -1.93. The van der Waals surface area contributed by atoms with Gasteiger partial charge < -0.3 is 4.42 Å². The summed E-state index contributed by atoms with van der Waals surface area (Å²) in [6.07, 6.45) is 0. The summed E-state index contributed by atoms with van der Waals surface area (Å²) >= 11 is 0. The quantitative estimate of drug-likeness (QED) is 0.178. The van der Waals surface area contributed by atoms with Crippen LogP contribution >= 0.6 is 0 Å². The molecule has 10 aromatic rings. The molecule has 218 valence electrons. The molecule has 0 radical (unpaired) electrons. The number of rotatable bonds is 3. The third kappa shape index (κ3) is 4.03. The van der Waals surface area contributed by atoms with Gasteiger partial charge in [0.1, 0.15) is 11.2 Å². The fourth-order valence-corrected chi connectivity index (χ4v) is 5.78. The Morgan fingerprint density at radius 3 is 1.62 bits per heavy atom. The number of hydrogen-bond acceptors (Lipinski definition) is 1. The number of furan rings is 1. The van der Waals surface area contributed by atoms with Gasteiger partial charge in [0.15, 0.2) is 0 Å². The molecular formula is C46H28O. The SMILES string of the molecule is [2H]c1cc(-c2c([2H])c([2H])c3oc4c([2H])c([2H])c([2H])c([2H])c4c3c2[2H])c2c(-c3c([2H])c([2H])c4c([2H])c([2H])c([2H])c([2H])c4c3[2H])c3c([2H])c([2H])c([2H])c([2H])c3c(-c3c([2H])c([2H])c4c([2H])c([2H])c([2H])c([2H])c4c3[2H])c2c1[2H]. The lowest BCUT2D eigenvalue weighted by atomic mass is 9.82. The molecule has 0 aliphatic carbocycles. The molecule has 0 unspecified atom stereocenters. The van der Waals surface area contributed by atoms with Gasteiger partial charge in [0, 0.05) is 10.8 Å². The van der Waals surface area contributed by atoms with Gasteiger partial charge in [0.2, 0.25) is 0 Å². The second kappa shape index (κ2) is 10.2. The van der Waals surface area contributed by atoms with Crippen LogP contribution in [0.5, 0.6) is 0 Å². The van der Waals surface area contributed by atoms with Gasteiger partial charge in [-0.3, -0.25) is 0 Å². The Bertz CT molecular complexity index is 4390. The Morgan fingerprint density at radius 1 is 0.362 bits per heavy atom. The smallest absolute Gasteiger partial charge is 0.135 e. The lowest BCUT2D eigenvalue weighted by Gasteiger charge is -2.21. The van der Waals surface area contributed by atoms with Crippen LogP contribution in [0.25, 0.3) is 98.4 Å². The van der Waals surface area contributed by atoms with Crippen LogP contribution in [0.4, 0.5) is 0 Å². The van der Waals surface area contributed by atoms with Crippen molar-refractivity contribution in [3.63, 3.8) is 0 Å². The third-order valence-electron chi connectivity index (χ3n) is 7.78. The third-order valence-corrected chi connectivity index (χ3v) is 7.78. The molecule has 9 aromatic carbocycles. The van der Waals surface area contributed by atoms with Crippen molar-refractivity contribution in [2.24, 2.45) is 0 Å². The van der Waals surface area contributed by atoms with Gasteiger partial charge in [-0.25, -0.2) is 0 Å². The predicted octanol–water partition coefficient (Wildman–Crippen LogP) is 13.2. The van der Waals surface area contributed by atoms with Crippen molar-refractivity contribution >= 4 is 65.0 Å². The maximum absolute atomic E-state index is 9.80. The molecule has 1 heterocycles. The first-order chi connectivity index (χ1) is 34.6. The van der Waals surface area contributed by atoms with Gasteiger partial charge >= 0.3 is 0 Å². The van der Waals surface area contributed by atoms with E-state index >= 15 is 0 Å². The van der Waals surface area contributed by atoms with Crippen LogP contribution in [0.1, 0.15) is 37.0 Å². The first-order valence-corrected chi connectivity index (χ1v) is 14.0. The molecule has 0 saturated heterocycles. The second-order valence-electron chi connectivity index (χ2n) is 10.3. The molecule has 0 N–H and O–H groups in total. The van der Waals surface area contributed by atoms with E-state index in [1.165, 1.54) is 0 Å². The molecule has 0 spiro atoms. The van der Waals surface area contributed by atoms with Gasteiger partial charge in [-0.15, -0.1) is 0 Å². The minimum absolute atomic E-state index is 0.426. The van der Waals surface area contributed by atoms with E-state index in [1.807, 2.05) is 0 Å². The van der Waals surface area contributed by atoms with E-state index in [0.717, 1.165) is 6.07 Å². The van der Waals surface area contributed by atoms with E-state index in [4.69, 9.17) is 23.6 Å². The number of hydrogen-bond donors (Lipinski definition) is 0. The average Bonchev–Trinajstić information content (AvgIpc) is 3.78. The van der Waals surface area contributed by atoms with E-state index in [-0.39, 0.29) is 0 Å². The lowest BCUT2D eigenvalue weighted by molar-refractivity contribution is 0.669. The Kier molecular flexibility index (Phi) is 2.37. The predicted molar refractivity (Wildman–Crippen MR) is 200 cm³/mol. The molecule has 1 nitrogen and oxygen atoms in total. The van der Waals surface area contributed by atoms with Crippen LogP contribution in [-0.2, 0) is 0 Å². The molecule has 0 atom stereocenters. The summed E-state index contributed by atoms with van der Waals surface area (Å²) in [6.45, 7) is 0. The van der Waals surface area contributed by atoms with Crippen molar-refractivity contribution in [2.45, 2.75) is 0 Å². The fraction of sp³-hybridized carbons (Fsp3) is 0. The van der Waals surface area contributed by atoms with E-state index in [1.54, 1.807) is 0 Å². The highest BCUT2D eigenvalue weighted by molar-refractivity contribution is 6.25. The molecule has 0 saturated carbocycles. The molecule has 0 amide bonds. The summed E-state index contributed by atoms with van der Waals surface area (Å²) in [5.41, 5.74) is -5.44. The van der Waals surface area contributed by atoms with Crippen LogP contribution < -0.4 is 0 Å². The van der Waals surface area contributed by atoms with E-state index in [9.17, 15) is 17.8 Å². The Morgan fingerprint density at radius 2 is 0.894 bits per heavy atom. The molecule has 1 heteroatoms. The number of fused-ring (bicyclic) bond motifs is 7. The zero-order chi connectivity index (χ0) is 54.4. The first kappa shape index (κ1) is 11.0. The minimum atomic E-state index is -1.01. The summed E-state index contributed by atoms with van der Waals surface area (Å²) in [4.78, 5) is 0. The second-order valence-corrected chi connectivity index (χ2v) is 10.3. The maximum atomic E-state index is 9.80. The van der Waals surface area contributed by atoms with Gasteiger partial charge in [-0.2, -0.15) is 0 Å². The van der Waals surface area contributed by atoms with Crippen molar-refractivity contribution in [1.29, 1.82) is 0 Å². The zero-order valence-corrected chi connectivity index (χ0v) is 23.5. The van der Waals surface area contributed by atoms with Gasteiger partial charge in [0.25, 0.3) is 0 Å². The Labute approximate surface area is 309 Å². The topological polar surface area (TPSA) is 13.1 Å². The molecule has 1 aromatic heterocycles. The summed E-state index contributed by atoms with van der Waals surface area (Å²) < 4.78 is 250. The first-order valence-electron chi connectivity index (χ1n) is 27.5. The van der Waals surface area contributed by atoms with Crippen molar-refractivity contribution < 1.29 is 41.4 Å². The van der Waals surface area contributed by atoms with E-state index < -0.39 is 262 Å². The van der Waals surface area contributed by atoms with Gasteiger partial charge in [-0.05, 0) is 107 Å². The van der Waals surface area contributed by atoms with Crippen LogP contribution in [0, 0.1) is 0 Å². The minimum Gasteiger partial charge on any atom is -0.456 e. The molecule has 0 bridgehead atoms. The molecule has 47 heavy (non-hydrogen) atoms. The number of para-hydroxylation sites is 1. The fourth-order valence-electron chi connectivity index (χ4n) is 5.78. The Balaban J connectivity index is 1.61. The molecule has 10 rings (SSSR count). The van der Waals surface area contributed by atoms with Gasteiger partial charge in [-0.1, -0.05) is 139 Å². The highest BCUT2D eigenvalue weighted by Gasteiger charge is 2.20. The highest BCUT2D eigenvalue weighted by atomic mass is 16.3. The summed E-state index contributed by atoms with van der Waals surface area (Å²) in [6, 6.07) is -23.1. The summed E-state index contributed by atoms with van der Waals surface area (Å²) in [5, 5.41) is -6.29. The van der Waals surface area contributed by atoms with E-state index in [2.05, 4.69) is 0 Å². The normalized spacial score (nSPS) is 19.9. The zero-order valence-electron chi connectivity index (χ0n) is 50.5. The Hall–Kier alpha value is -6.18. The molecular weight excluding hydrogens is 569 g/mol. The standard InChI is InChI=1S/C46H28O/c1-3-12-31-26-34(22-20-29(31)10-1)44-38-15-5-6-16-39(38)45(35-23-21-30-11-2-4-13-32(30)27-35)46-36(17-9-18-40(44)46)33-24-25-43-41(28-33)37-14-7-8-19-42(37)47-43/h1-28H/i1D,2D,3D,4D,5D,6D,7D,8D,9D,10D,11D,12D,13D,14D,15D,16D,18D,19D,20D,21D,22D,23D,24D,25D,26D,27D,28D. The molecule has 0 aliphatic rings. The highest BCUT2D eigenvalue weighted by Crippen LogP contribution is 2.48. The molecule has 0 aliphatic heterocycles. The summed E-state index contributed by atoms with van der Waals surface area (Å²) in [5.74, 6) is 0. The average molecular weight is 624 g/mol. The van der Waals surface area contributed by atoms with Crippen LogP contribution in [0.3, 0.4) is 0 Å². The number of benzene rings is 9. The van der Waals surface area contributed by atoms with Crippen molar-refractivity contribution in [3.8, 4) is 33.4 Å². The molecule has 0 fully saturated rings. The van der Waals surface area contributed by atoms with Crippen molar-refractivity contribution in [1.82, 2.24) is 0 Å². The monoisotopic (exact) mass is 623 g/mol. The van der Waals surface area contributed by atoms with Crippen LogP contribution in [-0.4, -0.2) is 0 Å². The summed E-state index contributed by atoms with van der Waals surface area (Å²) in [7, 11) is 0. The van der Waals surface area contributed by atoms with Crippen LogP contribution in [0.15, 0.2) is 174 Å². The van der Waals surface area contributed by atoms with E-state index in [0.29, 0.717) is 0 Å².